The summed E-state index contributed by atoms with van der Waals surface area (Å²) in [6, 6.07) is 4.37. The van der Waals surface area contributed by atoms with Crippen LogP contribution in [-0.4, -0.2) is 20.6 Å². The van der Waals surface area contributed by atoms with Gasteiger partial charge in [-0.1, -0.05) is 6.92 Å². The number of esters is 1. The summed E-state index contributed by atoms with van der Waals surface area (Å²) < 4.78 is 21.0. The molecule has 2 aliphatic heterocycles. The van der Waals surface area contributed by atoms with Crippen LogP contribution >= 0.6 is 0 Å². The van der Waals surface area contributed by atoms with E-state index in [-0.39, 0.29) is 48.1 Å². The summed E-state index contributed by atoms with van der Waals surface area (Å²) in [5.41, 5.74) is 8.10. The van der Waals surface area contributed by atoms with E-state index in [1.165, 1.54) is 6.07 Å². The second-order valence-electron chi connectivity index (χ2n) is 8.36. The molecule has 0 saturated carbocycles. The molecule has 7 nitrogen and oxygen atoms in total. The van der Waals surface area contributed by atoms with Crippen LogP contribution in [0.4, 0.5) is 4.39 Å². The Morgan fingerprint density at radius 3 is 2.74 bits per heavy atom. The minimum absolute atomic E-state index is 0.0648. The molecule has 0 spiro atoms. The first-order valence-corrected chi connectivity index (χ1v) is 10.2. The number of carbonyl (C=O) groups is 1. The van der Waals surface area contributed by atoms with E-state index in [4.69, 9.17) is 10.5 Å². The molecule has 0 bridgehead atoms. The predicted molar refractivity (Wildman–Crippen MR) is 112 cm³/mol. The van der Waals surface area contributed by atoms with Gasteiger partial charge in [-0.3, -0.25) is 4.79 Å². The summed E-state index contributed by atoms with van der Waals surface area (Å²) in [6.45, 7) is 5.24. The van der Waals surface area contributed by atoms with Gasteiger partial charge in [0, 0.05) is 28.6 Å². The smallest absolute Gasteiger partial charge is 0.343 e. The van der Waals surface area contributed by atoms with E-state index in [9.17, 15) is 19.1 Å². The SMILES string of the molecule is CC[C@@]1(O)C(=O)OCc2c1cc1n(c2=O)Cc2c-1nc1cc(F)c(C)cc1c2[C@@H](C)N. The van der Waals surface area contributed by atoms with Gasteiger partial charge in [0.15, 0.2) is 5.60 Å². The summed E-state index contributed by atoms with van der Waals surface area (Å²) in [5, 5.41) is 11.7. The fraction of sp³-hybridized carbons (Fsp3) is 0.348. The third-order valence-electron chi connectivity index (χ3n) is 6.47. The molecule has 8 heteroatoms. The zero-order valence-electron chi connectivity index (χ0n) is 17.5. The molecule has 31 heavy (non-hydrogen) atoms. The summed E-state index contributed by atoms with van der Waals surface area (Å²) >= 11 is 0. The van der Waals surface area contributed by atoms with Crippen LogP contribution < -0.4 is 11.3 Å². The van der Waals surface area contributed by atoms with Crippen LogP contribution in [0.5, 0.6) is 0 Å². The number of benzene rings is 1. The monoisotopic (exact) mass is 423 g/mol. The van der Waals surface area contributed by atoms with Crippen LogP contribution in [0.15, 0.2) is 23.0 Å². The molecular formula is C23H22FN3O4. The zero-order chi connectivity index (χ0) is 22.2. The van der Waals surface area contributed by atoms with Crippen molar-refractivity contribution in [3.8, 4) is 11.4 Å². The van der Waals surface area contributed by atoms with Crippen molar-refractivity contribution in [1.29, 1.82) is 0 Å². The molecule has 0 aliphatic carbocycles. The largest absolute Gasteiger partial charge is 0.458 e. The number of nitrogens with zero attached hydrogens (tertiary/aromatic N) is 2. The van der Waals surface area contributed by atoms with Gasteiger partial charge in [0.25, 0.3) is 5.56 Å². The number of nitrogens with two attached hydrogens (primary N) is 1. The summed E-state index contributed by atoms with van der Waals surface area (Å²) in [7, 11) is 0. The molecule has 0 unspecified atom stereocenters. The molecule has 3 N–H and O–H groups in total. The third kappa shape index (κ3) is 2.55. The summed E-state index contributed by atoms with van der Waals surface area (Å²) in [4.78, 5) is 30.3. The number of halogens is 1. The average Bonchev–Trinajstić information content (AvgIpc) is 3.08. The van der Waals surface area contributed by atoms with Crippen molar-refractivity contribution in [2.45, 2.75) is 52.0 Å². The highest BCUT2D eigenvalue weighted by Gasteiger charge is 2.45. The molecule has 2 aromatic heterocycles. The maximum atomic E-state index is 14.3. The molecule has 5 rings (SSSR count). The third-order valence-corrected chi connectivity index (χ3v) is 6.47. The van der Waals surface area contributed by atoms with Gasteiger partial charge in [-0.05, 0) is 43.5 Å². The van der Waals surface area contributed by atoms with Crippen molar-refractivity contribution in [3.05, 3.63) is 62.2 Å². The van der Waals surface area contributed by atoms with E-state index in [2.05, 4.69) is 4.98 Å². The van der Waals surface area contributed by atoms with E-state index < -0.39 is 11.6 Å². The topological polar surface area (TPSA) is 107 Å². The lowest BCUT2D eigenvalue weighted by Crippen LogP contribution is -2.44. The quantitative estimate of drug-likeness (QED) is 0.480. The van der Waals surface area contributed by atoms with Crippen molar-refractivity contribution < 1.29 is 19.0 Å². The normalized spacial score (nSPS) is 20.3. The molecule has 3 aromatic rings. The van der Waals surface area contributed by atoms with Gasteiger partial charge >= 0.3 is 5.97 Å². The number of carbonyl (C=O) groups excluding carboxylic acids is 1. The first kappa shape index (κ1) is 19.8. The number of fused-ring (bicyclic) bond motifs is 5. The first-order chi connectivity index (χ1) is 14.7. The van der Waals surface area contributed by atoms with Crippen molar-refractivity contribution in [1.82, 2.24) is 9.55 Å². The van der Waals surface area contributed by atoms with Gasteiger partial charge in [0.1, 0.15) is 12.4 Å². The molecule has 0 fully saturated rings. The fourth-order valence-corrected chi connectivity index (χ4v) is 4.76. The summed E-state index contributed by atoms with van der Waals surface area (Å²) in [6.07, 6.45) is 0.0648. The maximum absolute atomic E-state index is 14.3. The Morgan fingerprint density at radius 2 is 2.06 bits per heavy atom. The Morgan fingerprint density at radius 1 is 1.32 bits per heavy atom. The van der Waals surface area contributed by atoms with E-state index in [0.29, 0.717) is 22.5 Å². The highest BCUT2D eigenvalue weighted by atomic mass is 19.1. The Bertz CT molecular complexity index is 1360. The standard InChI is InChI=1S/C23H22FN3O4/c1-4-23(30)15-6-18-20-13(8-27(18)21(28)14(15)9-31-22(23)29)19(11(3)25)12-5-10(2)16(24)7-17(12)26-20/h5-7,11,30H,4,8-9,25H2,1-3H3/t11-,23+/m1/s1. The number of hydrogen-bond donors (Lipinski definition) is 2. The van der Waals surface area contributed by atoms with Crippen LogP contribution in [-0.2, 0) is 28.3 Å². The average molecular weight is 423 g/mol. The molecular weight excluding hydrogens is 401 g/mol. The first-order valence-electron chi connectivity index (χ1n) is 10.2. The molecule has 160 valence electrons. The van der Waals surface area contributed by atoms with Crippen LogP contribution in [0.2, 0.25) is 0 Å². The lowest BCUT2D eigenvalue weighted by Gasteiger charge is -2.31. The second kappa shape index (κ2) is 6.45. The Hall–Kier alpha value is -3.10. The Labute approximate surface area is 177 Å². The highest BCUT2D eigenvalue weighted by Crippen LogP contribution is 2.41. The fourth-order valence-electron chi connectivity index (χ4n) is 4.76. The van der Waals surface area contributed by atoms with Gasteiger partial charge in [-0.25, -0.2) is 14.2 Å². The van der Waals surface area contributed by atoms with Crippen molar-refractivity contribution in [2.24, 2.45) is 5.73 Å². The molecule has 0 amide bonds. The van der Waals surface area contributed by atoms with Gasteiger partial charge in [0.05, 0.1) is 29.0 Å². The predicted octanol–water partition coefficient (Wildman–Crippen LogP) is 2.55. The minimum atomic E-state index is -1.89. The second-order valence-corrected chi connectivity index (χ2v) is 8.36. The molecule has 1 aromatic carbocycles. The van der Waals surface area contributed by atoms with Crippen molar-refractivity contribution in [3.63, 3.8) is 0 Å². The number of rotatable bonds is 2. The number of pyridine rings is 2. The van der Waals surface area contributed by atoms with Crippen molar-refractivity contribution >= 4 is 16.9 Å². The lowest BCUT2D eigenvalue weighted by atomic mass is 9.86. The van der Waals surface area contributed by atoms with Crippen LogP contribution in [0, 0.1) is 12.7 Å². The minimum Gasteiger partial charge on any atom is -0.458 e. The molecule has 4 heterocycles. The van der Waals surface area contributed by atoms with Gasteiger partial charge in [-0.2, -0.15) is 0 Å². The number of aryl methyl sites for hydroxylation is 1. The van der Waals surface area contributed by atoms with Gasteiger partial charge in [-0.15, -0.1) is 0 Å². The number of cyclic esters (lactones) is 1. The van der Waals surface area contributed by atoms with Gasteiger partial charge in [0.2, 0.25) is 0 Å². The van der Waals surface area contributed by atoms with E-state index >= 15 is 0 Å². The number of hydrogen-bond acceptors (Lipinski definition) is 6. The van der Waals surface area contributed by atoms with Crippen LogP contribution in [0.1, 0.15) is 54.1 Å². The van der Waals surface area contributed by atoms with Crippen LogP contribution in [0.3, 0.4) is 0 Å². The van der Waals surface area contributed by atoms with Gasteiger partial charge < -0.3 is 20.1 Å². The Kier molecular flexibility index (Phi) is 4.13. The molecule has 2 aliphatic rings. The van der Waals surface area contributed by atoms with Crippen LogP contribution in [0.25, 0.3) is 22.3 Å². The summed E-state index contributed by atoms with van der Waals surface area (Å²) in [5.74, 6) is -1.15. The zero-order valence-corrected chi connectivity index (χ0v) is 17.5. The molecule has 0 saturated heterocycles. The Balaban J connectivity index is 1.86. The van der Waals surface area contributed by atoms with E-state index in [1.54, 1.807) is 30.5 Å². The highest BCUT2D eigenvalue weighted by molar-refractivity contribution is 5.90. The van der Waals surface area contributed by atoms with Crippen molar-refractivity contribution in [2.75, 3.05) is 0 Å². The maximum Gasteiger partial charge on any atom is 0.343 e. The molecule has 0 radical (unpaired) electrons. The lowest BCUT2D eigenvalue weighted by molar-refractivity contribution is -0.172. The number of aliphatic hydroxyl groups is 1. The molecule has 2 atom stereocenters. The van der Waals surface area contributed by atoms with E-state index in [0.717, 1.165) is 16.5 Å². The number of ether oxygens (including phenoxy) is 1. The van der Waals surface area contributed by atoms with E-state index in [1.807, 2.05) is 6.92 Å². The number of aromatic nitrogens is 2.